The molecule has 0 spiro atoms. The number of carbonyl (C=O) groups is 1. The van der Waals surface area contributed by atoms with Crippen LogP contribution in [0.4, 0.5) is 0 Å². The van der Waals surface area contributed by atoms with E-state index >= 15 is 0 Å². The highest BCUT2D eigenvalue weighted by Gasteiger charge is 2.29. The molecule has 0 aromatic rings. The van der Waals surface area contributed by atoms with Crippen molar-refractivity contribution < 1.29 is 18.3 Å². The highest BCUT2D eigenvalue weighted by molar-refractivity contribution is 7.86. The number of aliphatic carboxylic acids is 1. The fraction of sp³-hybridized carbons (Fsp3) is 0.900. The molecule has 1 heterocycles. The van der Waals surface area contributed by atoms with Gasteiger partial charge >= 0.3 is 5.97 Å². The van der Waals surface area contributed by atoms with Crippen LogP contribution in [0.1, 0.15) is 26.2 Å². The quantitative estimate of drug-likeness (QED) is 0.778. The molecule has 0 amide bonds. The van der Waals surface area contributed by atoms with Crippen molar-refractivity contribution in [2.75, 3.05) is 26.7 Å². The molecule has 1 aliphatic heterocycles. The number of carboxylic acid groups (broad SMARTS) is 1. The zero-order valence-electron chi connectivity index (χ0n) is 10.3. The Morgan fingerprint density at radius 2 is 1.94 bits per heavy atom. The van der Waals surface area contributed by atoms with Crippen LogP contribution < -0.4 is 0 Å². The maximum absolute atomic E-state index is 12.1. The number of carboxylic acids is 1. The summed E-state index contributed by atoms with van der Waals surface area (Å²) in [6, 6.07) is 0. The molecule has 7 heteroatoms. The highest BCUT2D eigenvalue weighted by atomic mass is 32.2. The summed E-state index contributed by atoms with van der Waals surface area (Å²) in [6.45, 7) is 3.18. The van der Waals surface area contributed by atoms with Crippen LogP contribution in [0.15, 0.2) is 0 Å². The summed E-state index contributed by atoms with van der Waals surface area (Å²) in [5.41, 5.74) is 0. The average molecular weight is 264 g/mol. The van der Waals surface area contributed by atoms with Gasteiger partial charge in [-0.1, -0.05) is 6.92 Å². The van der Waals surface area contributed by atoms with E-state index in [9.17, 15) is 13.2 Å². The largest absolute Gasteiger partial charge is 0.481 e. The molecule has 100 valence electrons. The summed E-state index contributed by atoms with van der Waals surface area (Å²) in [4.78, 5) is 10.4. The molecular weight excluding hydrogens is 244 g/mol. The van der Waals surface area contributed by atoms with Crippen LogP contribution in [-0.2, 0) is 15.0 Å². The molecule has 6 nitrogen and oxygen atoms in total. The van der Waals surface area contributed by atoms with Gasteiger partial charge in [0.05, 0.1) is 6.42 Å². The third kappa shape index (κ3) is 3.93. The molecule has 1 saturated heterocycles. The van der Waals surface area contributed by atoms with Crippen LogP contribution in [-0.4, -0.2) is 54.8 Å². The number of hydrogen-bond acceptors (Lipinski definition) is 3. The van der Waals surface area contributed by atoms with Crippen LogP contribution >= 0.6 is 0 Å². The van der Waals surface area contributed by atoms with Crippen molar-refractivity contribution in [1.82, 2.24) is 8.61 Å². The van der Waals surface area contributed by atoms with E-state index in [0.29, 0.717) is 19.0 Å². The van der Waals surface area contributed by atoms with E-state index in [1.165, 1.54) is 11.4 Å². The maximum atomic E-state index is 12.1. The second-order valence-corrected chi connectivity index (χ2v) is 6.59. The molecular formula is C10H20N2O4S. The lowest BCUT2D eigenvalue weighted by Gasteiger charge is -2.32. The summed E-state index contributed by atoms with van der Waals surface area (Å²) in [6.07, 6.45) is 1.57. The Hall–Kier alpha value is -0.660. The van der Waals surface area contributed by atoms with Gasteiger partial charge in [0, 0.05) is 26.7 Å². The van der Waals surface area contributed by atoms with E-state index in [1.54, 1.807) is 0 Å². The van der Waals surface area contributed by atoms with Crippen LogP contribution in [0.2, 0.25) is 0 Å². The lowest BCUT2D eigenvalue weighted by Crippen LogP contribution is -2.45. The van der Waals surface area contributed by atoms with Crippen molar-refractivity contribution in [2.24, 2.45) is 5.92 Å². The van der Waals surface area contributed by atoms with Crippen LogP contribution in [0, 0.1) is 5.92 Å². The first-order chi connectivity index (χ1) is 7.84. The van der Waals surface area contributed by atoms with Crippen molar-refractivity contribution in [1.29, 1.82) is 0 Å². The van der Waals surface area contributed by atoms with Crippen LogP contribution in [0.3, 0.4) is 0 Å². The molecule has 17 heavy (non-hydrogen) atoms. The van der Waals surface area contributed by atoms with Gasteiger partial charge in [0.2, 0.25) is 0 Å². The minimum Gasteiger partial charge on any atom is -0.481 e. The Morgan fingerprint density at radius 3 is 2.41 bits per heavy atom. The Kier molecular flexibility index (Phi) is 4.91. The molecule has 0 aromatic heterocycles. The van der Waals surface area contributed by atoms with Crippen molar-refractivity contribution in [3.63, 3.8) is 0 Å². The summed E-state index contributed by atoms with van der Waals surface area (Å²) in [7, 11) is -2.05. The van der Waals surface area contributed by atoms with Crippen LogP contribution in [0.5, 0.6) is 0 Å². The molecule has 0 aromatic carbocycles. The predicted molar refractivity (Wildman–Crippen MR) is 63.8 cm³/mol. The predicted octanol–water partition coefficient (Wildman–Crippen LogP) is 0.370. The molecule has 1 rings (SSSR count). The summed E-state index contributed by atoms with van der Waals surface area (Å²) >= 11 is 0. The molecule has 0 radical (unpaired) electrons. The zero-order chi connectivity index (χ0) is 13.1. The first kappa shape index (κ1) is 14.4. The SMILES string of the molecule is CC1CCN(S(=O)(=O)N(C)CCC(=O)O)CC1. The van der Waals surface area contributed by atoms with Gasteiger partial charge < -0.3 is 5.11 Å². The van der Waals surface area contributed by atoms with Gasteiger partial charge in [0.15, 0.2) is 0 Å². The van der Waals surface area contributed by atoms with E-state index < -0.39 is 16.2 Å². The zero-order valence-corrected chi connectivity index (χ0v) is 11.1. The second kappa shape index (κ2) is 5.79. The summed E-state index contributed by atoms with van der Waals surface area (Å²) < 4.78 is 26.7. The van der Waals surface area contributed by atoms with Gasteiger partial charge in [0.25, 0.3) is 10.2 Å². The monoisotopic (exact) mass is 264 g/mol. The molecule has 1 fully saturated rings. The van der Waals surface area contributed by atoms with Gasteiger partial charge in [-0.05, 0) is 18.8 Å². The van der Waals surface area contributed by atoms with Gasteiger partial charge in [-0.3, -0.25) is 4.79 Å². The lowest BCUT2D eigenvalue weighted by molar-refractivity contribution is -0.137. The van der Waals surface area contributed by atoms with Gasteiger partial charge in [-0.2, -0.15) is 17.0 Å². The van der Waals surface area contributed by atoms with Gasteiger partial charge in [-0.15, -0.1) is 0 Å². The number of hydrogen-bond donors (Lipinski definition) is 1. The second-order valence-electron chi connectivity index (χ2n) is 4.55. The Balaban J connectivity index is 2.57. The lowest BCUT2D eigenvalue weighted by atomic mass is 10.0. The molecule has 1 N–H and O–H groups in total. The molecule has 0 saturated carbocycles. The van der Waals surface area contributed by atoms with Crippen molar-refractivity contribution in [3.8, 4) is 0 Å². The van der Waals surface area contributed by atoms with Crippen molar-refractivity contribution in [3.05, 3.63) is 0 Å². The van der Waals surface area contributed by atoms with E-state index in [0.717, 1.165) is 17.1 Å². The molecule has 0 bridgehead atoms. The van der Waals surface area contributed by atoms with Gasteiger partial charge in [0.1, 0.15) is 0 Å². The minimum atomic E-state index is -3.48. The Bertz CT molecular complexity index is 361. The number of rotatable bonds is 5. The first-order valence-electron chi connectivity index (χ1n) is 5.77. The molecule has 1 aliphatic rings. The fourth-order valence-electron chi connectivity index (χ4n) is 1.78. The van der Waals surface area contributed by atoms with Crippen molar-refractivity contribution in [2.45, 2.75) is 26.2 Å². The van der Waals surface area contributed by atoms with E-state index in [2.05, 4.69) is 6.92 Å². The normalized spacial score (nSPS) is 19.7. The third-order valence-electron chi connectivity index (χ3n) is 3.10. The molecule has 0 aliphatic carbocycles. The standard InChI is InChI=1S/C10H20N2O4S/c1-9-3-7-12(8-4-9)17(15,16)11(2)6-5-10(13)14/h9H,3-8H2,1-2H3,(H,13,14). The topological polar surface area (TPSA) is 77.9 Å². The number of piperidine rings is 1. The smallest absolute Gasteiger partial charge is 0.304 e. The highest BCUT2D eigenvalue weighted by Crippen LogP contribution is 2.20. The van der Waals surface area contributed by atoms with E-state index in [1.807, 2.05) is 0 Å². The fourth-order valence-corrected chi connectivity index (χ4v) is 3.17. The maximum Gasteiger partial charge on any atom is 0.304 e. The Labute approximate surface area is 102 Å². The third-order valence-corrected chi connectivity index (χ3v) is 5.09. The summed E-state index contributed by atoms with van der Waals surface area (Å²) in [5, 5.41) is 8.54. The molecule has 0 unspecified atom stereocenters. The van der Waals surface area contributed by atoms with Gasteiger partial charge in [-0.25, -0.2) is 0 Å². The van der Waals surface area contributed by atoms with Crippen molar-refractivity contribution >= 4 is 16.2 Å². The average Bonchev–Trinajstić information content (AvgIpc) is 2.26. The summed E-state index contributed by atoms with van der Waals surface area (Å²) in [5.74, 6) is -0.426. The first-order valence-corrected chi connectivity index (χ1v) is 7.17. The van der Waals surface area contributed by atoms with E-state index in [-0.39, 0.29) is 13.0 Å². The Morgan fingerprint density at radius 1 is 1.41 bits per heavy atom. The van der Waals surface area contributed by atoms with E-state index in [4.69, 9.17) is 5.11 Å². The molecule has 0 atom stereocenters. The minimum absolute atomic E-state index is 0.0176. The van der Waals surface area contributed by atoms with Crippen LogP contribution in [0.25, 0.3) is 0 Å². The number of nitrogens with zero attached hydrogens (tertiary/aromatic N) is 2.